The standard InChI is InChI=1S/C11H20N2O/c1-2-3-4-5-11(10-12)13-6-8-14-9-7-13/h11H,2-9H2,1H3. The number of nitriles is 1. The summed E-state index contributed by atoms with van der Waals surface area (Å²) in [7, 11) is 0. The topological polar surface area (TPSA) is 36.3 Å². The van der Waals surface area contributed by atoms with Crippen molar-refractivity contribution >= 4 is 0 Å². The van der Waals surface area contributed by atoms with Gasteiger partial charge in [-0.2, -0.15) is 5.26 Å². The van der Waals surface area contributed by atoms with E-state index in [0.29, 0.717) is 0 Å². The lowest BCUT2D eigenvalue weighted by molar-refractivity contribution is 0.0251. The van der Waals surface area contributed by atoms with Crippen LogP contribution in [0.2, 0.25) is 0 Å². The lowest BCUT2D eigenvalue weighted by Crippen LogP contribution is -2.42. The van der Waals surface area contributed by atoms with Crippen LogP contribution in [-0.4, -0.2) is 37.2 Å². The van der Waals surface area contributed by atoms with Crippen LogP contribution in [-0.2, 0) is 4.74 Å². The highest BCUT2D eigenvalue weighted by Gasteiger charge is 2.19. The van der Waals surface area contributed by atoms with Gasteiger partial charge >= 0.3 is 0 Å². The van der Waals surface area contributed by atoms with Gasteiger partial charge in [0.15, 0.2) is 0 Å². The number of unbranched alkanes of at least 4 members (excludes halogenated alkanes) is 2. The zero-order valence-electron chi connectivity index (χ0n) is 9.04. The molecule has 3 nitrogen and oxygen atoms in total. The molecule has 1 unspecified atom stereocenters. The third-order valence-corrected chi connectivity index (χ3v) is 2.72. The van der Waals surface area contributed by atoms with Crippen LogP contribution in [0, 0.1) is 11.3 Å². The Hall–Kier alpha value is -0.590. The summed E-state index contributed by atoms with van der Waals surface area (Å²) in [6, 6.07) is 2.52. The molecule has 1 fully saturated rings. The van der Waals surface area contributed by atoms with E-state index in [1.54, 1.807) is 0 Å². The average Bonchev–Trinajstić information content (AvgIpc) is 2.26. The molecule has 1 heterocycles. The van der Waals surface area contributed by atoms with Gasteiger partial charge in [-0.3, -0.25) is 4.90 Å². The van der Waals surface area contributed by atoms with Crippen molar-refractivity contribution in [3.8, 4) is 6.07 Å². The summed E-state index contributed by atoms with van der Waals surface area (Å²) >= 11 is 0. The molecule has 0 amide bonds. The highest BCUT2D eigenvalue weighted by Crippen LogP contribution is 2.11. The number of morpholine rings is 1. The van der Waals surface area contributed by atoms with E-state index in [2.05, 4.69) is 17.9 Å². The molecule has 0 bridgehead atoms. The maximum atomic E-state index is 9.05. The molecule has 0 aromatic rings. The normalized spacial score (nSPS) is 20.3. The Morgan fingerprint density at radius 1 is 1.36 bits per heavy atom. The van der Waals surface area contributed by atoms with Gasteiger partial charge in [0, 0.05) is 13.1 Å². The third kappa shape index (κ3) is 3.65. The summed E-state index contributed by atoms with van der Waals surface area (Å²) in [5.41, 5.74) is 0. The lowest BCUT2D eigenvalue weighted by atomic mass is 10.1. The van der Waals surface area contributed by atoms with Crippen molar-refractivity contribution in [1.82, 2.24) is 4.90 Å². The SMILES string of the molecule is CCCCCC(C#N)N1CCOCC1. The van der Waals surface area contributed by atoms with Gasteiger partial charge in [-0.25, -0.2) is 0 Å². The van der Waals surface area contributed by atoms with Gasteiger partial charge < -0.3 is 4.74 Å². The van der Waals surface area contributed by atoms with Gasteiger partial charge in [0.25, 0.3) is 0 Å². The third-order valence-electron chi connectivity index (χ3n) is 2.72. The second-order valence-electron chi connectivity index (χ2n) is 3.79. The molecule has 3 heteroatoms. The van der Waals surface area contributed by atoms with Crippen LogP contribution in [0.25, 0.3) is 0 Å². The zero-order valence-corrected chi connectivity index (χ0v) is 9.04. The molecule has 14 heavy (non-hydrogen) atoms. The summed E-state index contributed by atoms with van der Waals surface area (Å²) in [5, 5.41) is 9.05. The molecule has 0 aliphatic carbocycles. The van der Waals surface area contributed by atoms with E-state index in [4.69, 9.17) is 10.00 Å². The van der Waals surface area contributed by atoms with Crippen LogP contribution < -0.4 is 0 Å². The van der Waals surface area contributed by atoms with Crippen molar-refractivity contribution in [2.24, 2.45) is 0 Å². The number of hydrogen-bond acceptors (Lipinski definition) is 3. The smallest absolute Gasteiger partial charge is 0.0979 e. The summed E-state index contributed by atoms with van der Waals surface area (Å²) in [6.07, 6.45) is 4.65. The zero-order chi connectivity index (χ0) is 10.2. The molecular weight excluding hydrogens is 176 g/mol. The quantitative estimate of drug-likeness (QED) is 0.629. The predicted molar refractivity (Wildman–Crippen MR) is 55.9 cm³/mol. The van der Waals surface area contributed by atoms with Crippen LogP contribution in [0.15, 0.2) is 0 Å². The van der Waals surface area contributed by atoms with Gasteiger partial charge in [0.2, 0.25) is 0 Å². The van der Waals surface area contributed by atoms with Crippen molar-refractivity contribution in [2.75, 3.05) is 26.3 Å². The Morgan fingerprint density at radius 2 is 2.07 bits per heavy atom. The fourth-order valence-corrected chi connectivity index (χ4v) is 1.81. The number of rotatable bonds is 5. The molecule has 1 rings (SSSR count). The van der Waals surface area contributed by atoms with E-state index >= 15 is 0 Å². The summed E-state index contributed by atoms with van der Waals surface area (Å²) in [4.78, 5) is 2.25. The van der Waals surface area contributed by atoms with Crippen molar-refractivity contribution in [1.29, 1.82) is 5.26 Å². The molecule has 0 aromatic heterocycles. The van der Waals surface area contributed by atoms with Gasteiger partial charge in [0.1, 0.15) is 0 Å². The Bertz CT molecular complexity index is 182. The number of ether oxygens (including phenoxy) is 1. The van der Waals surface area contributed by atoms with E-state index in [1.807, 2.05) is 0 Å². The monoisotopic (exact) mass is 196 g/mol. The minimum atomic E-state index is 0.116. The molecule has 1 atom stereocenters. The molecule has 0 saturated carbocycles. The molecule has 1 saturated heterocycles. The van der Waals surface area contributed by atoms with Crippen LogP contribution in [0.1, 0.15) is 32.6 Å². The van der Waals surface area contributed by atoms with Crippen molar-refractivity contribution in [3.05, 3.63) is 0 Å². The molecule has 0 aromatic carbocycles. The Kier molecular flexibility index (Phi) is 5.58. The second-order valence-corrected chi connectivity index (χ2v) is 3.79. The predicted octanol–water partition coefficient (Wildman–Crippen LogP) is 1.79. The van der Waals surface area contributed by atoms with E-state index in [0.717, 1.165) is 32.7 Å². The van der Waals surface area contributed by atoms with Gasteiger partial charge in [-0.15, -0.1) is 0 Å². The Morgan fingerprint density at radius 3 is 2.64 bits per heavy atom. The summed E-state index contributed by atoms with van der Waals surface area (Å²) in [6.45, 7) is 5.60. The van der Waals surface area contributed by atoms with Crippen molar-refractivity contribution < 1.29 is 4.74 Å². The van der Waals surface area contributed by atoms with Gasteiger partial charge in [0.05, 0.1) is 25.3 Å². The summed E-state index contributed by atoms with van der Waals surface area (Å²) < 4.78 is 5.27. The molecule has 80 valence electrons. The van der Waals surface area contributed by atoms with Crippen molar-refractivity contribution in [3.63, 3.8) is 0 Å². The first kappa shape index (κ1) is 11.5. The van der Waals surface area contributed by atoms with E-state index < -0.39 is 0 Å². The molecule has 0 N–H and O–H groups in total. The highest BCUT2D eigenvalue weighted by atomic mass is 16.5. The fraction of sp³-hybridized carbons (Fsp3) is 0.909. The van der Waals surface area contributed by atoms with Crippen LogP contribution >= 0.6 is 0 Å². The van der Waals surface area contributed by atoms with E-state index in [-0.39, 0.29) is 6.04 Å². The van der Waals surface area contributed by atoms with E-state index in [1.165, 1.54) is 19.3 Å². The average molecular weight is 196 g/mol. The van der Waals surface area contributed by atoms with E-state index in [9.17, 15) is 0 Å². The molecule has 1 aliphatic heterocycles. The Balaban J connectivity index is 2.25. The molecule has 0 spiro atoms. The molecule has 0 radical (unpaired) electrons. The summed E-state index contributed by atoms with van der Waals surface area (Å²) in [5.74, 6) is 0. The second kappa shape index (κ2) is 6.80. The minimum absolute atomic E-state index is 0.116. The number of hydrogen-bond donors (Lipinski definition) is 0. The van der Waals surface area contributed by atoms with Crippen LogP contribution in [0.4, 0.5) is 0 Å². The number of nitrogens with zero attached hydrogens (tertiary/aromatic N) is 2. The van der Waals surface area contributed by atoms with Crippen LogP contribution in [0.3, 0.4) is 0 Å². The van der Waals surface area contributed by atoms with Gasteiger partial charge in [-0.05, 0) is 6.42 Å². The lowest BCUT2D eigenvalue weighted by Gasteiger charge is -2.30. The first-order valence-corrected chi connectivity index (χ1v) is 5.60. The minimum Gasteiger partial charge on any atom is -0.379 e. The molecule has 1 aliphatic rings. The largest absolute Gasteiger partial charge is 0.379 e. The Labute approximate surface area is 86.6 Å². The first-order valence-electron chi connectivity index (χ1n) is 5.60. The maximum absolute atomic E-state index is 9.05. The molecular formula is C11H20N2O. The maximum Gasteiger partial charge on any atom is 0.0979 e. The van der Waals surface area contributed by atoms with Gasteiger partial charge in [-0.1, -0.05) is 26.2 Å². The van der Waals surface area contributed by atoms with Crippen molar-refractivity contribution in [2.45, 2.75) is 38.6 Å². The highest BCUT2D eigenvalue weighted by molar-refractivity contribution is 4.92. The first-order chi connectivity index (χ1) is 6.88. The fourth-order valence-electron chi connectivity index (χ4n) is 1.81. The van der Waals surface area contributed by atoms with Crippen LogP contribution in [0.5, 0.6) is 0 Å².